The first-order chi connectivity index (χ1) is 7.15. The largest absolute Gasteiger partial charge is 0.301 e. The zero-order valence-electron chi connectivity index (χ0n) is 7.52. The molecule has 0 aromatic carbocycles. The molecule has 0 saturated carbocycles. The van der Waals surface area contributed by atoms with E-state index in [1.165, 1.54) is 17.8 Å². The number of aromatic nitrogens is 4. The van der Waals surface area contributed by atoms with Crippen molar-refractivity contribution >= 4 is 35.1 Å². The highest BCUT2D eigenvalue weighted by Crippen LogP contribution is 2.28. The van der Waals surface area contributed by atoms with Gasteiger partial charge in [0.15, 0.2) is 15.3 Å². The molecule has 0 aliphatic rings. The van der Waals surface area contributed by atoms with Gasteiger partial charge in [0.05, 0.1) is 11.7 Å². The lowest BCUT2D eigenvalue weighted by atomic mass is 10.5. The lowest BCUT2D eigenvalue weighted by Crippen LogP contribution is -2.07. The van der Waals surface area contributed by atoms with Crippen molar-refractivity contribution in [2.24, 2.45) is 0 Å². The molecule has 0 amide bonds. The lowest BCUT2D eigenvalue weighted by Gasteiger charge is -1.97. The van der Waals surface area contributed by atoms with Gasteiger partial charge in [0, 0.05) is 11.8 Å². The molecule has 0 atom stereocenters. The van der Waals surface area contributed by atoms with Crippen molar-refractivity contribution in [3.8, 4) is 0 Å². The Morgan fingerprint density at radius 3 is 2.93 bits per heavy atom. The minimum absolute atomic E-state index is 0.190. The predicted molar refractivity (Wildman–Crippen MR) is 58.6 cm³/mol. The summed E-state index contributed by atoms with van der Waals surface area (Å²) in [6.07, 6.45) is 0. The van der Waals surface area contributed by atoms with Crippen LogP contribution in [0.1, 0.15) is 5.69 Å². The van der Waals surface area contributed by atoms with E-state index in [9.17, 15) is 4.79 Å². The van der Waals surface area contributed by atoms with Crippen molar-refractivity contribution < 1.29 is 0 Å². The molecular formula is C7H5ClN4OS2. The number of nitrogens with zero attached hydrogens (tertiary/aromatic N) is 3. The van der Waals surface area contributed by atoms with E-state index in [-0.39, 0.29) is 5.56 Å². The Morgan fingerprint density at radius 2 is 2.33 bits per heavy atom. The molecule has 0 spiro atoms. The maximum atomic E-state index is 11.1. The Bertz CT molecular complexity index is 538. The van der Waals surface area contributed by atoms with Gasteiger partial charge in [0.2, 0.25) is 0 Å². The molecule has 15 heavy (non-hydrogen) atoms. The van der Waals surface area contributed by atoms with Gasteiger partial charge in [-0.25, -0.2) is 4.98 Å². The summed E-state index contributed by atoms with van der Waals surface area (Å²) in [6.45, 7) is 1.75. The third-order valence-electron chi connectivity index (χ3n) is 1.46. The second kappa shape index (κ2) is 4.30. The number of rotatable bonds is 2. The van der Waals surface area contributed by atoms with Crippen molar-refractivity contribution in [3.05, 3.63) is 27.3 Å². The average molecular weight is 261 g/mol. The molecule has 0 saturated heterocycles. The number of hydrogen-bond acceptors (Lipinski definition) is 6. The summed E-state index contributed by atoms with van der Waals surface area (Å²) in [5, 5.41) is 1.35. The fourth-order valence-electron chi connectivity index (χ4n) is 0.922. The van der Waals surface area contributed by atoms with Gasteiger partial charge in [-0.2, -0.15) is 8.75 Å². The van der Waals surface area contributed by atoms with Gasteiger partial charge in [-0.1, -0.05) is 11.6 Å². The molecule has 0 unspecified atom stereocenters. The third kappa shape index (κ3) is 2.55. The van der Waals surface area contributed by atoms with Crippen LogP contribution in [0, 0.1) is 6.92 Å². The third-order valence-corrected chi connectivity index (χ3v) is 3.45. The van der Waals surface area contributed by atoms with Crippen molar-refractivity contribution in [1.29, 1.82) is 0 Å². The highest BCUT2D eigenvalue weighted by Gasteiger charge is 2.09. The van der Waals surface area contributed by atoms with E-state index in [0.717, 1.165) is 11.7 Å². The summed E-state index contributed by atoms with van der Waals surface area (Å²) in [5.41, 5.74) is 0.463. The van der Waals surface area contributed by atoms with Crippen LogP contribution in [0.5, 0.6) is 0 Å². The summed E-state index contributed by atoms with van der Waals surface area (Å²) >= 11 is 7.97. The standard InChI is InChI=1S/C7H5ClN4OS2/c1-3-2-4(13)10-7(9-3)14-6-5(8)11-15-12-6/h2H,1H3,(H,9,10,13). The predicted octanol–water partition coefficient (Wildman–Crippen LogP) is 1.73. The fraction of sp³-hybridized carbons (Fsp3) is 0.143. The van der Waals surface area contributed by atoms with Crippen LogP contribution < -0.4 is 5.56 Å². The van der Waals surface area contributed by atoms with Crippen LogP contribution in [0.2, 0.25) is 5.15 Å². The minimum atomic E-state index is -0.190. The summed E-state index contributed by atoms with van der Waals surface area (Å²) in [6, 6.07) is 1.42. The number of aryl methyl sites for hydroxylation is 1. The number of hydrogen-bond donors (Lipinski definition) is 1. The van der Waals surface area contributed by atoms with E-state index < -0.39 is 0 Å². The van der Waals surface area contributed by atoms with Crippen LogP contribution in [-0.4, -0.2) is 18.7 Å². The molecule has 0 aliphatic carbocycles. The molecule has 5 nitrogen and oxygen atoms in total. The van der Waals surface area contributed by atoms with Gasteiger partial charge in [-0.05, 0) is 18.7 Å². The zero-order chi connectivity index (χ0) is 10.8. The molecular weight excluding hydrogens is 256 g/mol. The summed E-state index contributed by atoms with van der Waals surface area (Å²) < 4.78 is 7.78. The zero-order valence-corrected chi connectivity index (χ0v) is 9.91. The van der Waals surface area contributed by atoms with Gasteiger partial charge in [-0.3, -0.25) is 4.79 Å². The van der Waals surface area contributed by atoms with Crippen LogP contribution in [0.15, 0.2) is 21.0 Å². The second-order valence-corrected chi connectivity index (χ2v) is 4.52. The van der Waals surface area contributed by atoms with Crippen LogP contribution >= 0.6 is 35.1 Å². The molecule has 2 heterocycles. The van der Waals surface area contributed by atoms with Gasteiger partial charge >= 0.3 is 0 Å². The van der Waals surface area contributed by atoms with E-state index in [2.05, 4.69) is 18.7 Å². The number of H-pyrrole nitrogens is 1. The summed E-state index contributed by atoms with van der Waals surface area (Å²) in [5.74, 6) is 0. The van der Waals surface area contributed by atoms with Gasteiger partial charge in [0.25, 0.3) is 5.56 Å². The fourth-order valence-corrected chi connectivity index (χ4v) is 2.54. The van der Waals surface area contributed by atoms with E-state index >= 15 is 0 Å². The maximum absolute atomic E-state index is 11.1. The van der Waals surface area contributed by atoms with Crippen LogP contribution in [0.3, 0.4) is 0 Å². The van der Waals surface area contributed by atoms with Crippen molar-refractivity contribution in [3.63, 3.8) is 0 Å². The van der Waals surface area contributed by atoms with Crippen LogP contribution in [-0.2, 0) is 0 Å². The normalized spacial score (nSPS) is 10.5. The molecule has 0 aliphatic heterocycles. The van der Waals surface area contributed by atoms with Crippen molar-refractivity contribution in [2.45, 2.75) is 17.1 Å². The first-order valence-corrected chi connectivity index (χ1v) is 5.81. The topological polar surface area (TPSA) is 71.5 Å². The van der Waals surface area contributed by atoms with Crippen LogP contribution in [0.4, 0.5) is 0 Å². The van der Waals surface area contributed by atoms with E-state index in [1.54, 1.807) is 6.92 Å². The maximum Gasteiger partial charge on any atom is 0.251 e. The molecule has 2 rings (SSSR count). The van der Waals surface area contributed by atoms with Gasteiger partial charge < -0.3 is 4.98 Å². The highest BCUT2D eigenvalue weighted by molar-refractivity contribution is 7.99. The van der Waals surface area contributed by atoms with Crippen molar-refractivity contribution in [2.75, 3.05) is 0 Å². The molecule has 0 bridgehead atoms. The molecule has 2 aromatic rings. The Kier molecular flexibility index (Phi) is 3.03. The van der Waals surface area contributed by atoms with E-state index in [4.69, 9.17) is 11.6 Å². The molecule has 78 valence electrons. The van der Waals surface area contributed by atoms with Crippen LogP contribution in [0.25, 0.3) is 0 Å². The Balaban J connectivity index is 2.32. The monoisotopic (exact) mass is 260 g/mol. The Labute approximate surface area is 98.2 Å². The quantitative estimate of drug-likeness (QED) is 0.833. The second-order valence-electron chi connectivity index (χ2n) is 2.65. The molecule has 0 fully saturated rings. The minimum Gasteiger partial charge on any atom is -0.301 e. The lowest BCUT2D eigenvalue weighted by molar-refractivity contribution is 0.903. The Hall–Kier alpha value is -0.920. The number of aromatic amines is 1. The van der Waals surface area contributed by atoms with Gasteiger partial charge in [-0.15, -0.1) is 0 Å². The first-order valence-electron chi connectivity index (χ1n) is 3.89. The Morgan fingerprint density at radius 1 is 1.53 bits per heavy atom. The molecule has 0 radical (unpaired) electrons. The molecule has 2 aromatic heterocycles. The smallest absolute Gasteiger partial charge is 0.251 e. The number of nitrogens with one attached hydrogen (secondary N) is 1. The summed E-state index contributed by atoms with van der Waals surface area (Å²) in [4.78, 5) is 17.9. The average Bonchev–Trinajstić information content (AvgIpc) is 2.50. The van der Waals surface area contributed by atoms with E-state index in [1.807, 2.05) is 0 Å². The SMILES string of the molecule is Cc1cc(=O)[nH]c(Sc2nsnc2Cl)n1. The first kappa shape index (κ1) is 10.6. The highest BCUT2D eigenvalue weighted by atomic mass is 35.5. The summed E-state index contributed by atoms with van der Waals surface area (Å²) in [7, 11) is 0. The van der Waals surface area contributed by atoms with E-state index in [0.29, 0.717) is 21.0 Å². The number of halogens is 1. The molecule has 8 heteroatoms. The van der Waals surface area contributed by atoms with Gasteiger partial charge in [0.1, 0.15) is 0 Å². The van der Waals surface area contributed by atoms with Crippen molar-refractivity contribution in [1.82, 2.24) is 18.7 Å². The molecule has 1 N–H and O–H groups in total.